The molecular weight excluding hydrogens is 132 g/mol. The van der Waals surface area contributed by atoms with E-state index in [-0.39, 0.29) is 0 Å². The third-order valence-corrected chi connectivity index (χ3v) is 1.66. The standard InChI is InChI=1S/C11H15/c1-2-4-6-8-10-11-9-7-5-3-1/h1-4,7,9-10H,5-6,8,11H2/b3-1-,4-2+,9-7+. The highest BCUT2D eigenvalue weighted by Crippen LogP contribution is 2.02. The van der Waals surface area contributed by atoms with E-state index in [0.29, 0.717) is 0 Å². The molecule has 0 spiro atoms. The number of rotatable bonds is 0. The van der Waals surface area contributed by atoms with Gasteiger partial charge in [0.05, 0.1) is 0 Å². The molecule has 1 aliphatic rings. The Kier molecular flexibility index (Phi) is 4.51. The number of allylic oxidation sites excluding steroid dienone is 6. The van der Waals surface area contributed by atoms with Gasteiger partial charge in [0.25, 0.3) is 0 Å². The molecule has 0 saturated heterocycles. The largest absolute Gasteiger partial charge is 0.0879 e. The summed E-state index contributed by atoms with van der Waals surface area (Å²) in [6.07, 6.45) is 20.0. The minimum Gasteiger partial charge on any atom is -0.0879 e. The Morgan fingerprint density at radius 2 is 1.45 bits per heavy atom. The van der Waals surface area contributed by atoms with Crippen molar-refractivity contribution in [2.24, 2.45) is 0 Å². The van der Waals surface area contributed by atoms with Gasteiger partial charge in [-0.05, 0) is 32.1 Å². The number of hydrogen-bond acceptors (Lipinski definition) is 0. The van der Waals surface area contributed by atoms with Crippen LogP contribution in [0.4, 0.5) is 0 Å². The molecule has 1 radical (unpaired) electrons. The van der Waals surface area contributed by atoms with Crippen molar-refractivity contribution in [2.75, 3.05) is 0 Å². The maximum absolute atomic E-state index is 2.33. The van der Waals surface area contributed by atoms with E-state index in [1.54, 1.807) is 0 Å². The molecule has 0 unspecified atom stereocenters. The second-order valence-corrected chi connectivity index (χ2v) is 2.67. The molecule has 0 aromatic heterocycles. The summed E-state index contributed by atoms with van der Waals surface area (Å²) in [4.78, 5) is 0. The van der Waals surface area contributed by atoms with Gasteiger partial charge in [0.15, 0.2) is 0 Å². The molecular formula is C11H15. The summed E-state index contributed by atoms with van der Waals surface area (Å²) in [7, 11) is 0. The van der Waals surface area contributed by atoms with Gasteiger partial charge in [-0.2, -0.15) is 0 Å². The van der Waals surface area contributed by atoms with Crippen LogP contribution < -0.4 is 0 Å². The summed E-state index contributed by atoms with van der Waals surface area (Å²) in [6, 6.07) is 0. The lowest BCUT2D eigenvalue weighted by Gasteiger charge is -1.90. The normalized spacial score (nSPS) is 28.4. The molecule has 1 rings (SSSR count). The predicted molar refractivity (Wildman–Crippen MR) is 50.2 cm³/mol. The molecule has 0 heterocycles. The van der Waals surface area contributed by atoms with E-state index in [2.05, 4.69) is 42.9 Å². The van der Waals surface area contributed by atoms with Crippen molar-refractivity contribution in [1.29, 1.82) is 0 Å². The van der Waals surface area contributed by atoms with Crippen LogP contribution in [0.3, 0.4) is 0 Å². The lowest BCUT2D eigenvalue weighted by atomic mass is 10.2. The van der Waals surface area contributed by atoms with Gasteiger partial charge >= 0.3 is 0 Å². The average Bonchev–Trinajstić information content (AvgIpc) is 2.08. The summed E-state index contributed by atoms with van der Waals surface area (Å²) in [5.41, 5.74) is 0. The molecule has 0 N–H and O–H groups in total. The highest BCUT2D eigenvalue weighted by Gasteiger charge is 1.84. The monoisotopic (exact) mass is 147 g/mol. The Bertz CT molecular complexity index is 161. The lowest BCUT2D eigenvalue weighted by molar-refractivity contribution is 0.933. The van der Waals surface area contributed by atoms with Crippen molar-refractivity contribution >= 4 is 0 Å². The number of hydrogen-bond donors (Lipinski definition) is 0. The lowest BCUT2D eigenvalue weighted by Crippen LogP contribution is -1.72. The minimum absolute atomic E-state index is 1.07. The van der Waals surface area contributed by atoms with E-state index in [0.717, 1.165) is 12.8 Å². The van der Waals surface area contributed by atoms with E-state index in [1.807, 2.05) is 0 Å². The summed E-state index contributed by atoms with van der Waals surface area (Å²) in [5, 5.41) is 0. The Hall–Kier alpha value is -0.780. The summed E-state index contributed by atoms with van der Waals surface area (Å²) in [6.45, 7) is 0. The maximum Gasteiger partial charge on any atom is -0.0166 e. The van der Waals surface area contributed by atoms with Gasteiger partial charge in [-0.25, -0.2) is 0 Å². The molecule has 0 bridgehead atoms. The quantitative estimate of drug-likeness (QED) is 0.460. The molecule has 0 amide bonds. The van der Waals surface area contributed by atoms with Gasteiger partial charge < -0.3 is 0 Å². The molecule has 59 valence electrons. The molecule has 0 aromatic rings. The van der Waals surface area contributed by atoms with Crippen molar-refractivity contribution in [1.82, 2.24) is 0 Å². The molecule has 0 atom stereocenters. The van der Waals surface area contributed by atoms with Crippen LogP contribution in [0.2, 0.25) is 0 Å². The zero-order valence-corrected chi connectivity index (χ0v) is 6.87. The molecule has 0 fully saturated rings. The van der Waals surface area contributed by atoms with Crippen molar-refractivity contribution in [3.05, 3.63) is 42.9 Å². The molecule has 11 heavy (non-hydrogen) atoms. The highest BCUT2D eigenvalue weighted by molar-refractivity contribution is 5.06. The predicted octanol–water partition coefficient (Wildman–Crippen LogP) is 3.43. The van der Waals surface area contributed by atoms with Crippen LogP contribution in [0.5, 0.6) is 0 Å². The fourth-order valence-corrected chi connectivity index (χ4v) is 1.03. The second-order valence-electron chi connectivity index (χ2n) is 2.67. The molecule has 0 aliphatic heterocycles. The fraction of sp³-hybridized carbons (Fsp3) is 0.364. The summed E-state index contributed by atoms with van der Waals surface area (Å²) in [5.74, 6) is 0. The third kappa shape index (κ3) is 4.60. The van der Waals surface area contributed by atoms with Gasteiger partial charge in [0.2, 0.25) is 0 Å². The zero-order valence-electron chi connectivity index (χ0n) is 6.87. The van der Waals surface area contributed by atoms with Crippen LogP contribution in [-0.2, 0) is 0 Å². The fourth-order valence-electron chi connectivity index (χ4n) is 1.03. The average molecular weight is 147 g/mol. The van der Waals surface area contributed by atoms with Crippen LogP contribution in [-0.4, -0.2) is 0 Å². The van der Waals surface area contributed by atoms with E-state index in [4.69, 9.17) is 0 Å². The second kappa shape index (κ2) is 5.96. The minimum atomic E-state index is 1.07. The van der Waals surface area contributed by atoms with Crippen LogP contribution in [0.1, 0.15) is 25.7 Å². The first kappa shape index (κ1) is 8.32. The first-order chi connectivity index (χ1) is 5.50. The third-order valence-electron chi connectivity index (χ3n) is 1.66. The Morgan fingerprint density at radius 3 is 2.45 bits per heavy atom. The van der Waals surface area contributed by atoms with Gasteiger partial charge in [-0.1, -0.05) is 36.5 Å². The summed E-state index contributed by atoms with van der Waals surface area (Å²) < 4.78 is 0. The Labute approximate surface area is 69.3 Å². The van der Waals surface area contributed by atoms with Crippen LogP contribution >= 0.6 is 0 Å². The smallest absolute Gasteiger partial charge is 0.0166 e. The molecule has 1 aliphatic carbocycles. The van der Waals surface area contributed by atoms with Gasteiger partial charge in [-0.15, -0.1) is 0 Å². The van der Waals surface area contributed by atoms with Crippen molar-refractivity contribution < 1.29 is 0 Å². The van der Waals surface area contributed by atoms with E-state index >= 15 is 0 Å². The Morgan fingerprint density at radius 1 is 0.636 bits per heavy atom. The molecule has 0 nitrogen and oxygen atoms in total. The van der Waals surface area contributed by atoms with Gasteiger partial charge in [0, 0.05) is 0 Å². The first-order valence-electron chi connectivity index (χ1n) is 4.28. The van der Waals surface area contributed by atoms with Gasteiger partial charge in [-0.3, -0.25) is 0 Å². The van der Waals surface area contributed by atoms with E-state index in [9.17, 15) is 0 Å². The topological polar surface area (TPSA) is 0 Å². The Balaban J connectivity index is 2.35. The van der Waals surface area contributed by atoms with Crippen LogP contribution in [0.15, 0.2) is 36.5 Å². The summed E-state index contributed by atoms with van der Waals surface area (Å²) >= 11 is 0. The molecule has 0 aromatic carbocycles. The van der Waals surface area contributed by atoms with Crippen molar-refractivity contribution in [2.45, 2.75) is 25.7 Å². The SMILES string of the molecule is [CH]1C/C=C/C/C=C\C=C\CC1. The van der Waals surface area contributed by atoms with Crippen LogP contribution in [0.25, 0.3) is 0 Å². The first-order valence-corrected chi connectivity index (χ1v) is 4.28. The van der Waals surface area contributed by atoms with Gasteiger partial charge in [0.1, 0.15) is 0 Å². The zero-order chi connectivity index (χ0) is 7.78. The van der Waals surface area contributed by atoms with Crippen molar-refractivity contribution in [3.63, 3.8) is 0 Å². The molecule has 0 saturated carbocycles. The maximum atomic E-state index is 2.33. The van der Waals surface area contributed by atoms with Crippen LogP contribution in [0, 0.1) is 6.42 Å². The van der Waals surface area contributed by atoms with E-state index in [1.165, 1.54) is 12.8 Å². The van der Waals surface area contributed by atoms with Crippen molar-refractivity contribution in [3.8, 4) is 0 Å². The molecule has 0 heteroatoms. The highest BCUT2D eigenvalue weighted by atomic mass is 13.9. The van der Waals surface area contributed by atoms with E-state index < -0.39 is 0 Å².